The van der Waals surface area contributed by atoms with Crippen molar-refractivity contribution < 1.29 is 43.4 Å². The predicted molar refractivity (Wildman–Crippen MR) is 208 cm³/mol. The summed E-state index contributed by atoms with van der Waals surface area (Å²) in [5.41, 5.74) is 7.04. The molecule has 0 spiro atoms. The van der Waals surface area contributed by atoms with Gasteiger partial charge in [0, 0.05) is 53.5 Å². The molecule has 0 saturated carbocycles. The number of aliphatic hydroxyl groups excluding tert-OH is 1. The monoisotopic (exact) mass is 888 g/mol. The second-order valence-corrected chi connectivity index (χ2v) is 14.8. The molecule has 0 saturated heterocycles. The number of hydrogen-bond acceptors (Lipinski definition) is 5. The SMILES string of the molecule is CCC(CC)C(=O)/C=C(\O)C(CC)CC.Cc1[c-]c(-c2nc[n+](C)c3c2sc2cc(CC(C)C)ccc23)c2oc3cc(C)cc(F)c3c2c1.[CH3-].[Ir]. The topological polar surface area (TPSA) is 67.2 Å². The zero-order valence-corrected chi connectivity index (χ0v) is 34.9. The van der Waals surface area contributed by atoms with Crippen molar-refractivity contribution in [2.45, 2.75) is 87.5 Å². The van der Waals surface area contributed by atoms with Gasteiger partial charge in [0.15, 0.2) is 5.78 Å². The Morgan fingerprint density at radius 3 is 2.31 bits per heavy atom. The summed E-state index contributed by atoms with van der Waals surface area (Å²) in [7, 11) is 2.03. The molecule has 51 heavy (non-hydrogen) atoms. The van der Waals surface area contributed by atoms with Crippen molar-refractivity contribution in [3.05, 3.63) is 90.6 Å². The molecule has 3 aromatic carbocycles. The zero-order valence-electron chi connectivity index (χ0n) is 31.7. The van der Waals surface area contributed by atoms with Crippen LogP contribution in [-0.2, 0) is 38.4 Å². The molecular weight excluding hydrogens is 836 g/mol. The Morgan fingerprint density at radius 2 is 1.69 bits per heavy atom. The van der Waals surface area contributed by atoms with Crippen molar-refractivity contribution in [1.29, 1.82) is 0 Å². The van der Waals surface area contributed by atoms with E-state index in [1.165, 1.54) is 21.7 Å². The number of ketones is 1. The third-order valence-corrected chi connectivity index (χ3v) is 10.6. The maximum atomic E-state index is 15.0. The molecule has 0 atom stereocenters. The number of furan rings is 1. The first-order chi connectivity index (χ1) is 23.4. The van der Waals surface area contributed by atoms with Crippen LogP contribution < -0.4 is 4.57 Å². The fraction of sp³-hybridized carbons (Fsp3) is 0.395. The number of rotatable bonds is 10. The van der Waals surface area contributed by atoms with Crippen molar-refractivity contribution in [3.63, 3.8) is 0 Å². The fourth-order valence-electron chi connectivity index (χ4n) is 6.78. The minimum absolute atomic E-state index is 0. The van der Waals surface area contributed by atoms with Gasteiger partial charge in [0.05, 0.1) is 23.1 Å². The molecule has 6 rings (SSSR count). The number of nitrogens with zero attached hydrogens (tertiary/aromatic N) is 2. The number of aromatic nitrogens is 2. The molecule has 0 aliphatic carbocycles. The van der Waals surface area contributed by atoms with Crippen LogP contribution in [0, 0.1) is 50.9 Å². The Kier molecular flexibility index (Phi) is 14.7. The Bertz CT molecular complexity index is 2170. The summed E-state index contributed by atoms with van der Waals surface area (Å²) < 4.78 is 25.6. The molecule has 0 amide bonds. The number of halogens is 1. The van der Waals surface area contributed by atoms with Gasteiger partial charge in [-0.05, 0) is 80.3 Å². The maximum Gasteiger partial charge on any atom is 0.276 e. The van der Waals surface area contributed by atoms with E-state index in [9.17, 15) is 14.3 Å². The molecule has 5 nitrogen and oxygen atoms in total. The van der Waals surface area contributed by atoms with E-state index in [0.717, 1.165) is 70.1 Å². The number of hydrogen-bond donors (Lipinski definition) is 1. The molecule has 275 valence electrons. The molecule has 0 aliphatic heterocycles. The molecule has 1 radical (unpaired) electrons. The smallest absolute Gasteiger partial charge is 0.276 e. The summed E-state index contributed by atoms with van der Waals surface area (Å²) in [4.78, 5) is 16.5. The number of aliphatic hydroxyl groups is 1. The number of benzene rings is 3. The Hall–Kier alpha value is -3.45. The molecule has 3 aromatic heterocycles. The summed E-state index contributed by atoms with van der Waals surface area (Å²) >= 11 is 1.75. The van der Waals surface area contributed by atoms with Crippen LogP contribution in [0.4, 0.5) is 4.39 Å². The Labute approximate surface area is 320 Å². The van der Waals surface area contributed by atoms with E-state index in [0.29, 0.717) is 22.5 Å². The second kappa shape index (κ2) is 17.9. The van der Waals surface area contributed by atoms with Gasteiger partial charge in [0.1, 0.15) is 22.6 Å². The van der Waals surface area contributed by atoms with Crippen LogP contribution in [-0.4, -0.2) is 15.9 Å². The molecule has 0 fully saturated rings. The summed E-state index contributed by atoms with van der Waals surface area (Å²) in [5, 5.41) is 12.3. The molecule has 8 heteroatoms. The minimum Gasteiger partial charge on any atom is -0.512 e. The molecule has 3 heterocycles. The minimum atomic E-state index is -0.262. The van der Waals surface area contributed by atoms with Crippen molar-refractivity contribution >= 4 is 59.4 Å². The Morgan fingerprint density at radius 1 is 1.02 bits per heavy atom. The average molecular weight is 888 g/mol. The Balaban J connectivity index is 0.000000355. The summed E-state index contributed by atoms with van der Waals surface area (Å²) in [5.74, 6) is 0.890. The van der Waals surface area contributed by atoms with E-state index in [-0.39, 0.29) is 56.7 Å². The summed E-state index contributed by atoms with van der Waals surface area (Å²) in [6.07, 6.45) is 7.81. The fourth-order valence-corrected chi connectivity index (χ4v) is 8.09. The molecular formula is C43H52FIrN2O3S-. The van der Waals surface area contributed by atoms with Crippen LogP contribution in [0.15, 0.2) is 59.0 Å². The van der Waals surface area contributed by atoms with E-state index in [1.807, 2.05) is 67.1 Å². The molecule has 0 aliphatic rings. The second-order valence-electron chi connectivity index (χ2n) is 13.7. The van der Waals surface area contributed by atoms with Crippen molar-refractivity contribution in [2.75, 3.05) is 0 Å². The largest absolute Gasteiger partial charge is 0.512 e. The number of aryl methyl sites for hydroxylation is 3. The third-order valence-electron chi connectivity index (χ3n) is 9.45. The number of allylic oxidation sites excluding steroid dienone is 2. The van der Waals surface area contributed by atoms with Gasteiger partial charge in [-0.25, -0.2) is 8.96 Å². The van der Waals surface area contributed by atoms with Crippen LogP contribution in [0.3, 0.4) is 0 Å². The van der Waals surface area contributed by atoms with Crippen LogP contribution in [0.2, 0.25) is 0 Å². The number of carbonyl (C=O) groups is 1. The van der Waals surface area contributed by atoms with Gasteiger partial charge in [-0.1, -0.05) is 70.5 Å². The van der Waals surface area contributed by atoms with Crippen molar-refractivity contribution in [1.82, 2.24) is 4.98 Å². The molecule has 0 bridgehead atoms. The summed E-state index contributed by atoms with van der Waals surface area (Å²) in [6.45, 7) is 16.4. The van der Waals surface area contributed by atoms with Gasteiger partial charge in [-0.15, -0.1) is 29.0 Å². The first kappa shape index (κ1) is 42.0. The van der Waals surface area contributed by atoms with Crippen LogP contribution in [0.25, 0.3) is 53.5 Å². The van der Waals surface area contributed by atoms with Gasteiger partial charge in [0.25, 0.3) is 6.33 Å². The number of fused-ring (bicyclic) bond motifs is 6. The van der Waals surface area contributed by atoms with E-state index in [1.54, 1.807) is 17.4 Å². The zero-order chi connectivity index (χ0) is 35.6. The van der Waals surface area contributed by atoms with Crippen LogP contribution >= 0.6 is 11.3 Å². The predicted octanol–water partition coefficient (Wildman–Crippen LogP) is 11.9. The third kappa shape index (κ3) is 8.78. The molecule has 1 N–H and O–H groups in total. The normalized spacial score (nSPS) is 11.8. The van der Waals surface area contributed by atoms with Crippen LogP contribution in [0.5, 0.6) is 0 Å². The van der Waals surface area contributed by atoms with Gasteiger partial charge >= 0.3 is 0 Å². The first-order valence-corrected chi connectivity index (χ1v) is 18.4. The van der Waals surface area contributed by atoms with Gasteiger partial charge in [-0.2, -0.15) is 0 Å². The maximum absolute atomic E-state index is 15.0. The van der Waals surface area contributed by atoms with Crippen LogP contribution in [0.1, 0.15) is 83.9 Å². The van der Waals surface area contributed by atoms with Gasteiger partial charge in [-0.3, -0.25) is 4.79 Å². The summed E-state index contributed by atoms with van der Waals surface area (Å²) in [6, 6.07) is 15.6. The van der Waals surface area contributed by atoms with E-state index in [2.05, 4.69) is 42.7 Å². The first-order valence-electron chi connectivity index (χ1n) is 17.6. The van der Waals surface area contributed by atoms with Gasteiger partial charge in [0.2, 0.25) is 0 Å². The van der Waals surface area contributed by atoms with E-state index in [4.69, 9.17) is 9.40 Å². The van der Waals surface area contributed by atoms with E-state index < -0.39 is 0 Å². The standard InChI is InChI=1S/C29H25FN2OS.C13H24O2.CH3.Ir/c1-15(2)8-18-6-7-19-24(13-18)34-29-26(31-14-32(5)27(19)29)21-10-16(3)9-20-25-22(30)11-17(4)12-23(25)33-28(20)21;1-5-10(6-2)12(14)9-13(15)11(7-3)8-4;;/h6-7,9,11-15H,8H2,1-5H3;9-11,14H,5-8H2,1-4H3;1H3;/q;;-1;/b;12-9-;;. The molecule has 0 unspecified atom stereocenters. The average Bonchev–Trinajstić information content (AvgIpc) is 3.61. The van der Waals surface area contributed by atoms with Gasteiger partial charge < -0.3 is 17.0 Å². The van der Waals surface area contributed by atoms with E-state index >= 15 is 0 Å². The molecule has 6 aromatic rings. The quantitative estimate of drug-likeness (QED) is 0.0644. The van der Waals surface area contributed by atoms with Crippen molar-refractivity contribution in [3.8, 4) is 11.3 Å². The number of carbonyl (C=O) groups excluding carboxylic acids is 1. The number of thiophene rings is 1. The van der Waals surface area contributed by atoms with Crippen molar-refractivity contribution in [2.24, 2.45) is 24.8 Å².